The number of amides is 1. The Balaban J connectivity index is 1.81. The molecule has 0 N–H and O–H groups in total. The van der Waals surface area contributed by atoms with Crippen LogP contribution in [-0.2, 0) is 41.4 Å². The summed E-state index contributed by atoms with van der Waals surface area (Å²) in [5, 5.41) is 0.445. The molecule has 0 unspecified atom stereocenters. The molecule has 2 heterocycles. The number of carbonyl (C=O) groups excluding carboxylic acids is 3. The fraction of sp³-hybridized carbons (Fsp3) is 0.438. The Hall–Kier alpha value is -4.09. The van der Waals surface area contributed by atoms with Crippen molar-refractivity contribution in [2.45, 2.75) is 52.7 Å². The van der Waals surface area contributed by atoms with Gasteiger partial charge in [0.05, 0.1) is 40.1 Å². The largest absolute Gasteiger partial charge is 0.493 e. The molecule has 236 valence electrons. The monoisotopic (exact) mass is 628 g/mol. The van der Waals surface area contributed by atoms with Gasteiger partial charge in [-0.25, -0.2) is 4.98 Å². The average Bonchev–Trinajstić information content (AvgIpc) is 3.39. The molecule has 12 heteroatoms. The summed E-state index contributed by atoms with van der Waals surface area (Å²) in [5.41, 5.74) is 1.18. The first-order valence-corrected chi connectivity index (χ1v) is 14.5. The number of carbonyl (C=O) groups is 3. The average molecular weight is 629 g/mol. The van der Waals surface area contributed by atoms with Gasteiger partial charge < -0.3 is 33.0 Å². The number of ether oxygens (including phenoxy) is 5. The molecule has 1 amide bonds. The standard InChI is InChI=1S/C32H37ClN2O9/c1-7-41-28(37)14-21-16-34-27(43-21)15-26-31(38)35(17-32(3,4)18-42-19(2)36)24-12-11-20(33)13-23(24)29(44-26)22-9-8-10-25(39-5)30(22)40-6/h8-13,16,26,29H,7,14-15,17-18H2,1-6H3/t26-,29-/m1/s1. The second-order valence-electron chi connectivity index (χ2n) is 11.1. The Kier molecular flexibility index (Phi) is 10.5. The lowest BCUT2D eigenvalue weighted by Crippen LogP contribution is -2.46. The van der Waals surface area contributed by atoms with Crippen molar-refractivity contribution in [3.8, 4) is 11.5 Å². The number of methoxy groups -OCH3 is 2. The minimum Gasteiger partial charge on any atom is -0.493 e. The summed E-state index contributed by atoms with van der Waals surface area (Å²) in [4.78, 5) is 43.9. The third-order valence-corrected chi connectivity index (χ3v) is 7.19. The van der Waals surface area contributed by atoms with E-state index in [0.717, 1.165) is 0 Å². The highest BCUT2D eigenvalue weighted by Crippen LogP contribution is 2.45. The molecule has 1 aliphatic heterocycles. The first-order valence-electron chi connectivity index (χ1n) is 14.2. The second-order valence-corrected chi connectivity index (χ2v) is 11.5. The summed E-state index contributed by atoms with van der Waals surface area (Å²) in [5.74, 6) is 0.215. The van der Waals surface area contributed by atoms with E-state index in [1.807, 2.05) is 26.0 Å². The van der Waals surface area contributed by atoms with Crippen LogP contribution in [0.4, 0.5) is 5.69 Å². The summed E-state index contributed by atoms with van der Waals surface area (Å²) in [6.45, 7) is 7.38. The highest BCUT2D eigenvalue weighted by molar-refractivity contribution is 6.30. The van der Waals surface area contributed by atoms with Crippen molar-refractivity contribution in [1.29, 1.82) is 0 Å². The number of hydrogen-bond donors (Lipinski definition) is 0. The molecule has 0 spiro atoms. The zero-order chi connectivity index (χ0) is 32.0. The SMILES string of the molecule is CCOC(=O)Cc1cnc(C[C@H]2O[C@H](c3cccc(OC)c3OC)c3cc(Cl)ccc3N(CC(C)(C)COC(C)=O)C2=O)o1. The minimum atomic E-state index is -1.08. The lowest BCUT2D eigenvalue weighted by atomic mass is 9.92. The molecular weight excluding hydrogens is 592 g/mol. The number of esters is 2. The lowest BCUT2D eigenvalue weighted by molar-refractivity contribution is -0.144. The van der Waals surface area contributed by atoms with Crippen molar-refractivity contribution in [1.82, 2.24) is 4.98 Å². The van der Waals surface area contributed by atoms with Crippen molar-refractivity contribution in [2.24, 2.45) is 5.41 Å². The molecule has 3 aromatic rings. The smallest absolute Gasteiger partial charge is 0.313 e. The predicted molar refractivity (Wildman–Crippen MR) is 161 cm³/mol. The number of rotatable bonds is 12. The van der Waals surface area contributed by atoms with Gasteiger partial charge in [-0.05, 0) is 31.2 Å². The quantitative estimate of drug-likeness (QED) is 0.250. The molecule has 2 atom stereocenters. The van der Waals surface area contributed by atoms with Gasteiger partial charge >= 0.3 is 11.9 Å². The maximum Gasteiger partial charge on any atom is 0.313 e. The summed E-state index contributed by atoms with van der Waals surface area (Å²) in [6.07, 6.45) is -0.596. The molecule has 11 nitrogen and oxygen atoms in total. The van der Waals surface area contributed by atoms with E-state index in [1.54, 1.807) is 36.1 Å². The first kappa shape index (κ1) is 32.8. The highest BCUT2D eigenvalue weighted by Gasteiger charge is 2.41. The van der Waals surface area contributed by atoms with Gasteiger partial charge in [0.25, 0.3) is 5.91 Å². The normalized spacial score (nSPS) is 16.6. The fourth-order valence-electron chi connectivity index (χ4n) is 5.03. The maximum absolute atomic E-state index is 14.4. The molecule has 0 radical (unpaired) electrons. The van der Waals surface area contributed by atoms with Gasteiger partial charge in [0.15, 0.2) is 17.4 Å². The number of aromatic nitrogens is 1. The van der Waals surface area contributed by atoms with Crippen LogP contribution in [0, 0.1) is 5.41 Å². The number of fused-ring (bicyclic) bond motifs is 1. The van der Waals surface area contributed by atoms with Crippen LogP contribution < -0.4 is 14.4 Å². The Bertz CT molecular complexity index is 1500. The van der Waals surface area contributed by atoms with Crippen LogP contribution >= 0.6 is 11.6 Å². The minimum absolute atomic E-state index is 0.0347. The van der Waals surface area contributed by atoms with E-state index in [0.29, 0.717) is 39.1 Å². The van der Waals surface area contributed by atoms with Gasteiger partial charge in [0.1, 0.15) is 24.4 Å². The van der Waals surface area contributed by atoms with Crippen LogP contribution in [0.5, 0.6) is 11.5 Å². The molecule has 1 aliphatic rings. The Morgan fingerprint density at radius 2 is 1.86 bits per heavy atom. The van der Waals surface area contributed by atoms with Crippen LogP contribution in [0.1, 0.15) is 56.6 Å². The van der Waals surface area contributed by atoms with Gasteiger partial charge in [0, 0.05) is 40.7 Å². The van der Waals surface area contributed by atoms with E-state index in [-0.39, 0.29) is 44.4 Å². The molecule has 0 bridgehead atoms. The Morgan fingerprint density at radius 3 is 2.55 bits per heavy atom. The summed E-state index contributed by atoms with van der Waals surface area (Å²) < 4.78 is 34.1. The zero-order valence-corrected chi connectivity index (χ0v) is 26.4. The van der Waals surface area contributed by atoms with Crippen molar-refractivity contribution in [2.75, 3.05) is 38.9 Å². The van der Waals surface area contributed by atoms with Crippen LogP contribution in [0.25, 0.3) is 0 Å². The van der Waals surface area contributed by atoms with Gasteiger partial charge in [-0.2, -0.15) is 0 Å². The number of nitrogens with zero attached hydrogens (tertiary/aromatic N) is 2. The highest BCUT2D eigenvalue weighted by atomic mass is 35.5. The lowest BCUT2D eigenvalue weighted by Gasteiger charge is -2.33. The fourth-order valence-corrected chi connectivity index (χ4v) is 5.22. The second kappa shape index (κ2) is 14.1. The molecule has 1 aromatic heterocycles. The van der Waals surface area contributed by atoms with E-state index in [9.17, 15) is 14.4 Å². The number of para-hydroxylation sites is 1. The van der Waals surface area contributed by atoms with Gasteiger partial charge in [-0.3, -0.25) is 14.4 Å². The van der Waals surface area contributed by atoms with Gasteiger partial charge in [0.2, 0.25) is 0 Å². The van der Waals surface area contributed by atoms with Crippen molar-refractivity contribution in [3.63, 3.8) is 0 Å². The molecule has 0 saturated carbocycles. The van der Waals surface area contributed by atoms with Crippen molar-refractivity contribution < 1.29 is 42.5 Å². The number of halogens is 1. The summed E-state index contributed by atoms with van der Waals surface area (Å²) >= 11 is 6.51. The molecule has 2 aromatic carbocycles. The molecule has 4 rings (SSSR count). The van der Waals surface area contributed by atoms with E-state index < -0.39 is 29.6 Å². The van der Waals surface area contributed by atoms with Crippen molar-refractivity contribution >= 4 is 35.1 Å². The molecule has 44 heavy (non-hydrogen) atoms. The number of oxazole rings is 1. The predicted octanol–water partition coefficient (Wildman–Crippen LogP) is 5.10. The van der Waals surface area contributed by atoms with Crippen LogP contribution in [-0.4, -0.2) is 62.9 Å². The van der Waals surface area contributed by atoms with Gasteiger partial charge in [-0.1, -0.05) is 37.6 Å². The first-order chi connectivity index (χ1) is 21.0. The number of hydrogen-bond acceptors (Lipinski definition) is 10. The van der Waals surface area contributed by atoms with E-state index in [4.69, 9.17) is 39.7 Å². The van der Waals surface area contributed by atoms with E-state index >= 15 is 0 Å². The van der Waals surface area contributed by atoms with Crippen molar-refractivity contribution in [3.05, 3.63) is 70.4 Å². The van der Waals surface area contributed by atoms with E-state index in [2.05, 4.69) is 4.98 Å². The number of anilines is 1. The number of benzene rings is 2. The molecule has 0 aliphatic carbocycles. The zero-order valence-electron chi connectivity index (χ0n) is 25.7. The third kappa shape index (κ3) is 7.70. The van der Waals surface area contributed by atoms with Gasteiger partial charge in [-0.15, -0.1) is 0 Å². The molecule has 0 fully saturated rings. The molecule has 0 saturated heterocycles. The van der Waals surface area contributed by atoms with E-state index in [1.165, 1.54) is 27.3 Å². The topological polar surface area (TPSA) is 127 Å². The molecular formula is C32H37ClN2O9. The summed E-state index contributed by atoms with van der Waals surface area (Å²) in [7, 11) is 3.07. The summed E-state index contributed by atoms with van der Waals surface area (Å²) in [6, 6.07) is 10.6. The van der Waals surface area contributed by atoms with Crippen LogP contribution in [0.15, 0.2) is 47.0 Å². The van der Waals surface area contributed by atoms with Crippen LogP contribution in [0.2, 0.25) is 5.02 Å². The third-order valence-electron chi connectivity index (χ3n) is 6.96. The Labute approximate surface area is 261 Å². The van der Waals surface area contributed by atoms with Crippen LogP contribution in [0.3, 0.4) is 0 Å². The maximum atomic E-state index is 14.4. The Morgan fingerprint density at radius 1 is 1.09 bits per heavy atom.